The Morgan fingerprint density at radius 1 is 1.26 bits per heavy atom. The standard InChI is InChI=1S/C20H32FN5O/c1-20(2,18(27)22-3)14-24-19(23-4)25-17-9-11-26(12-10-17)13-15-5-7-16(21)8-6-15/h5-8,17H,9-14H2,1-4H3,(H,22,27)(H2,23,24,25). The molecule has 1 aliphatic heterocycles. The van der Waals surface area contributed by atoms with Gasteiger partial charge in [0, 0.05) is 46.3 Å². The zero-order chi connectivity index (χ0) is 19.9. The molecule has 0 radical (unpaired) electrons. The Morgan fingerprint density at radius 3 is 2.44 bits per heavy atom. The van der Waals surface area contributed by atoms with Gasteiger partial charge in [-0.25, -0.2) is 4.39 Å². The molecule has 0 aromatic heterocycles. The van der Waals surface area contributed by atoms with Gasteiger partial charge in [-0.15, -0.1) is 0 Å². The number of hydrogen-bond acceptors (Lipinski definition) is 3. The number of aliphatic imine (C=N–C) groups is 1. The van der Waals surface area contributed by atoms with E-state index < -0.39 is 5.41 Å². The van der Waals surface area contributed by atoms with Crippen molar-refractivity contribution in [3.8, 4) is 0 Å². The fraction of sp³-hybridized carbons (Fsp3) is 0.600. The lowest BCUT2D eigenvalue weighted by Crippen LogP contribution is -2.51. The van der Waals surface area contributed by atoms with Crippen LogP contribution in [0.2, 0.25) is 0 Å². The van der Waals surface area contributed by atoms with Gasteiger partial charge in [-0.1, -0.05) is 12.1 Å². The summed E-state index contributed by atoms with van der Waals surface area (Å²) in [5.41, 5.74) is 0.627. The Labute approximate surface area is 161 Å². The number of carbonyl (C=O) groups excluding carboxylic acids is 1. The number of piperidine rings is 1. The highest BCUT2D eigenvalue weighted by atomic mass is 19.1. The first-order valence-corrected chi connectivity index (χ1v) is 9.50. The number of carbonyl (C=O) groups is 1. The number of nitrogens with one attached hydrogen (secondary N) is 3. The van der Waals surface area contributed by atoms with Crippen LogP contribution in [0.3, 0.4) is 0 Å². The highest BCUT2D eigenvalue weighted by Crippen LogP contribution is 2.15. The van der Waals surface area contributed by atoms with E-state index >= 15 is 0 Å². The fourth-order valence-electron chi connectivity index (χ4n) is 3.19. The van der Waals surface area contributed by atoms with Crippen LogP contribution < -0.4 is 16.0 Å². The zero-order valence-electron chi connectivity index (χ0n) is 16.8. The van der Waals surface area contributed by atoms with E-state index in [0.717, 1.165) is 44.0 Å². The zero-order valence-corrected chi connectivity index (χ0v) is 16.8. The molecule has 1 saturated heterocycles. The van der Waals surface area contributed by atoms with Gasteiger partial charge in [0.05, 0.1) is 5.41 Å². The van der Waals surface area contributed by atoms with E-state index in [1.54, 1.807) is 14.1 Å². The quantitative estimate of drug-likeness (QED) is 0.522. The van der Waals surface area contributed by atoms with Gasteiger partial charge in [0.25, 0.3) is 0 Å². The van der Waals surface area contributed by atoms with Crippen LogP contribution in [0.5, 0.6) is 0 Å². The van der Waals surface area contributed by atoms with Gasteiger partial charge in [-0.3, -0.25) is 14.7 Å². The van der Waals surface area contributed by atoms with E-state index in [0.29, 0.717) is 12.6 Å². The Bertz CT molecular complexity index is 636. The highest BCUT2D eigenvalue weighted by Gasteiger charge is 2.27. The Kier molecular flexibility index (Phi) is 7.59. The number of rotatable bonds is 6. The predicted octanol–water partition coefficient (Wildman–Crippen LogP) is 1.73. The van der Waals surface area contributed by atoms with Gasteiger partial charge < -0.3 is 16.0 Å². The lowest BCUT2D eigenvalue weighted by atomic mass is 9.92. The molecule has 27 heavy (non-hydrogen) atoms. The Balaban J connectivity index is 1.76. The summed E-state index contributed by atoms with van der Waals surface area (Å²) in [6, 6.07) is 7.07. The van der Waals surface area contributed by atoms with Crippen LogP contribution in [0.4, 0.5) is 4.39 Å². The maximum Gasteiger partial charge on any atom is 0.227 e. The summed E-state index contributed by atoms with van der Waals surface area (Å²) in [6.07, 6.45) is 2.03. The molecule has 6 nitrogen and oxygen atoms in total. The molecule has 1 aliphatic rings. The molecule has 1 heterocycles. The number of nitrogens with zero attached hydrogens (tertiary/aromatic N) is 2. The molecule has 0 atom stereocenters. The van der Waals surface area contributed by atoms with Crippen molar-refractivity contribution < 1.29 is 9.18 Å². The molecule has 1 aromatic carbocycles. The third-order valence-corrected chi connectivity index (χ3v) is 5.01. The van der Waals surface area contributed by atoms with Crippen LogP contribution >= 0.6 is 0 Å². The smallest absolute Gasteiger partial charge is 0.227 e. The van der Waals surface area contributed by atoms with Crippen LogP contribution in [-0.2, 0) is 11.3 Å². The fourth-order valence-corrected chi connectivity index (χ4v) is 3.19. The number of amides is 1. The molecule has 0 unspecified atom stereocenters. The third-order valence-electron chi connectivity index (χ3n) is 5.01. The SMILES string of the molecule is CN=C(NCC(C)(C)C(=O)NC)NC1CCN(Cc2ccc(F)cc2)CC1. The normalized spacial score (nSPS) is 16.9. The summed E-state index contributed by atoms with van der Waals surface area (Å²) in [7, 11) is 3.39. The minimum atomic E-state index is -0.509. The summed E-state index contributed by atoms with van der Waals surface area (Å²) in [6.45, 7) is 7.13. The monoisotopic (exact) mass is 377 g/mol. The van der Waals surface area contributed by atoms with Gasteiger partial charge in [-0.05, 0) is 44.4 Å². The topological polar surface area (TPSA) is 68.8 Å². The molecule has 2 rings (SSSR count). The van der Waals surface area contributed by atoms with E-state index in [-0.39, 0.29) is 11.7 Å². The maximum absolute atomic E-state index is 13.0. The molecule has 0 saturated carbocycles. The van der Waals surface area contributed by atoms with Crippen LogP contribution in [0.1, 0.15) is 32.3 Å². The molecular weight excluding hydrogens is 345 g/mol. The molecule has 1 aromatic rings. The average Bonchev–Trinajstić information content (AvgIpc) is 2.67. The summed E-state index contributed by atoms with van der Waals surface area (Å²) in [5.74, 6) is 0.531. The molecule has 1 amide bonds. The lowest BCUT2D eigenvalue weighted by molar-refractivity contribution is -0.128. The molecular formula is C20H32FN5O. The van der Waals surface area contributed by atoms with Crippen LogP contribution in [0.15, 0.2) is 29.3 Å². The van der Waals surface area contributed by atoms with Gasteiger partial charge in [-0.2, -0.15) is 0 Å². The predicted molar refractivity (Wildman–Crippen MR) is 107 cm³/mol. The second-order valence-corrected chi connectivity index (χ2v) is 7.71. The van der Waals surface area contributed by atoms with Crippen molar-refractivity contribution in [2.24, 2.45) is 10.4 Å². The number of benzene rings is 1. The number of likely N-dealkylation sites (tertiary alicyclic amines) is 1. The summed E-state index contributed by atoms with van der Waals surface area (Å²) < 4.78 is 13.0. The second-order valence-electron chi connectivity index (χ2n) is 7.71. The first kappa shape index (κ1) is 21.2. The highest BCUT2D eigenvalue weighted by molar-refractivity contribution is 5.84. The number of hydrogen-bond donors (Lipinski definition) is 3. The number of guanidine groups is 1. The molecule has 0 spiro atoms. The van der Waals surface area contributed by atoms with E-state index in [1.807, 2.05) is 26.0 Å². The van der Waals surface area contributed by atoms with Gasteiger partial charge in [0.1, 0.15) is 5.82 Å². The van der Waals surface area contributed by atoms with Crippen molar-refractivity contribution in [1.29, 1.82) is 0 Å². The molecule has 3 N–H and O–H groups in total. The Hall–Kier alpha value is -2.15. The summed E-state index contributed by atoms with van der Waals surface area (Å²) in [4.78, 5) is 18.6. The minimum absolute atomic E-state index is 0.000413. The molecule has 7 heteroatoms. The van der Waals surface area contributed by atoms with Crippen molar-refractivity contribution in [3.05, 3.63) is 35.6 Å². The summed E-state index contributed by atoms with van der Waals surface area (Å²) in [5, 5.41) is 9.41. The lowest BCUT2D eigenvalue weighted by Gasteiger charge is -2.33. The van der Waals surface area contributed by atoms with Crippen molar-refractivity contribution in [1.82, 2.24) is 20.9 Å². The van der Waals surface area contributed by atoms with Crippen LogP contribution in [-0.4, -0.2) is 56.5 Å². The van der Waals surface area contributed by atoms with E-state index in [9.17, 15) is 9.18 Å². The van der Waals surface area contributed by atoms with Crippen molar-refractivity contribution >= 4 is 11.9 Å². The van der Waals surface area contributed by atoms with E-state index in [1.165, 1.54) is 12.1 Å². The van der Waals surface area contributed by atoms with Crippen molar-refractivity contribution in [3.63, 3.8) is 0 Å². The molecule has 150 valence electrons. The first-order valence-electron chi connectivity index (χ1n) is 9.50. The summed E-state index contributed by atoms with van der Waals surface area (Å²) >= 11 is 0. The first-order chi connectivity index (χ1) is 12.8. The molecule has 1 fully saturated rings. The van der Waals surface area contributed by atoms with Crippen LogP contribution in [0, 0.1) is 11.2 Å². The maximum atomic E-state index is 13.0. The Morgan fingerprint density at radius 2 is 1.89 bits per heavy atom. The van der Waals surface area contributed by atoms with Gasteiger partial charge in [0.15, 0.2) is 5.96 Å². The van der Waals surface area contributed by atoms with Gasteiger partial charge >= 0.3 is 0 Å². The van der Waals surface area contributed by atoms with E-state index in [4.69, 9.17) is 0 Å². The van der Waals surface area contributed by atoms with Crippen LogP contribution in [0.25, 0.3) is 0 Å². The second kappa shape index (κ2) is 9.69. The van der Waals surface area contributed by atoms with E-state index in [2.05, 4.69) is 25.8 Å². The molecule has 0 bridgehead atoms. The van der Waals surface area contributed by atoms with Crippen molar-refractivity contribution in [2.45, 2.75) is 39.3 Å². The largest absolute Gasteiger partial charge is 0.359 e. The van der Waals surface area contributed by atoms with Crippen molar-refractivity contribution in [2.75, 3.05) is 33.7 Å². The average molecular weight is 378 g/mol. The molecule has 0 aliphatic carbocycles. The minimum Gasteiger partial charge on any atom is -0.359 e. The third kappa shape index (κ3) is 6.50. The number of halogens is 1. The van der Waals surface area contributed by atoms with Gasteiger partial charge in [0.2, 0.25) is 5.91 Å².